The predicted octanol–water partition coefficient (Wildman–Crippen LogP) is 3.69. The molecule has 4 nitrogen and oxygen atoms in total. The quantitative estimate of drug-likeness (QED) is 0.862. The van der Waals surface area contributed by atoms with Crippen LogP contribution in [0.2, 0.25) is 0 Å². The highest BCUT2D eigenvalue weighted by Crippen LogP contribution is 2.31. The largest absolute Gasteiger partial charge is 0.497 e. The van der Waals surface area contributed by atoms with Crippen molar-refractivity contribution < 1.29 is 9.47 Å². The van der Waals surface area contributed by atoms with Crippen LogP contribution in [0.5, 0.6) is 11.5 Å². The lowest BCUT2D eigenvalue weighted by Crippen LogP contribution is -2.13. The topological polar surface area (TPSA) is 57.4 Å². The van der Waals surface area contributed by atoms with Crippen LogP contribution >= 0.6 is 15.9 Å². The van der Waals surface area contributed by atoms with Crippen molar-refractivity contribution in [2.24, 2.45) is 5.73 Å². The molecule has 1 unspecified atom stereocenters. The number of hydrogen-bond acceptors (Lipinski definition) is 4. The summed E-state index contributed by atoms with van der Waals surface area (Å²) in [5.41, 5.74) is 8.21. The first-order valence-electron chi connectivity index (χ1n) is 6.82. The van der Waals surface area contributed by atoms with Crippen molar-refractivity contribution in [3.05, 3.63) is 52.3 Å². The molecular formula is C16H19BrN2O2. The van der Waals surface area contributed by atoms with E-state index in [1.54, 1.807) is 19.5 Å². The molecule has 0 aliphatic heterocycles. The third-order valence-corrected chi connectivity index (χ3v) is 3.83. The van der Waals surface area contributed by atoms with Gasteiger partial charge in [-0.3, -0.25) is 4.98 Å². The molecule has 112 valence electrons. The van der Waals surface area contributed by atoms with E-state index in [1.165, 1.54) is 0 Å². The third-order valence-electron chi connectivity index (χ3n) is 3.10. The summed E-state index contributed by atoms with van der Waals surface area (Å²) in [6.45, 7) is 2.74. The molecule has 0 amide bonds. The van der Waals surface area contributed by atoms with Gasteiger partial charge in [-0.15, -0.1) is 0 Å². The molecule has 2 aromatic rings. The second-order valence-corrected chi connectivity index (χ2v) is 5.52. The number of rotatable bonds is 6. The summed E-state index contributed by atoms with van der Waals surface area (Å²) in [7, 11) is 1.64. The monoisotopic (exact) mass is 350 g/mol. The molecular weight excluding hydrogens is 332 g/mol. The van der Waals surface area contributed by atoms with E-state index in [2.05, 4.69) is 27.8 Å². The first kappa shape index (κ1) is 15.8. The Kier molecular flexibility index (Phi) is 5.59. The van der Waals surface area contributed by atoms with Gasteiger partial charge in [0.2, 0.25) is 0 Å². The number of nitrogens with zero attached hydrogens (tertiary/aromatic N) is 1. The molecule has 0 bridgehead atoms. The Balaban J connectivity index is 2.29. The average molecular weight is 351 g/mol. The van der Waals surface area contributed by atoms with E-state index in [-0.39, 0.29) is 6.04 Å². The van der Waals surface area contributed by atoms with Crippen LogP contribution < -0.4 is 15.2 Å². The molecule has 0 saturated carbocycles. The molecule has 0 fully saturated rings. The molecule has 1 aromatic carbocycles. The Morgan fingerprint density at radius 1 is 1.24 bits per heavy atom. The molecule has 0 saturated heterocycles. The first-order chi connectivity index (χ1) is 10.2. The summed E-state index contributed by atoms with van der Waals surface area (Å²) >= 11 is 3.53. The van der Waals surface area contributed by atoms with E-state index in [0.29, 0.717) is 6.61 Å². The average Bonchev–Trinajstić information content (AvgIpc) is 2.53. The van der Waals surface area contributed by atoms with Crippen LogP contribution in [0.4, 0.5) is 0 Å². The minimum absolute atomic E-state index is 0.299. The maximum atomic E-state index is 6.36. The summed E-state index contributed by atoms with van der Waals surface area (Å²) < 4.78 is 11.8. The number of aromatic nitrogens is 1. The van der Waals surface area contributed by atoms with Crippen molar-refractivity contribution in [3.8, 4) is 11.5 Å². The van der Waals surface area contributed by atoms with Crippen LogP contribution in [0.1, 0.15) is 30.5 Å². The van der Waals surface area contributed by atoms with Gasteiger partial charge in [-0.25, -0.2) is 0 Å². The van der Waals surface area contributed by atoms with Crippen molar-refractivity contribution in [2.75, 3.05) is 13.7 Å². The van der Waals surface area contributed by atoms with Crippen LogP contribution in [0, 0.1) is 0 Å². The van der Waals surface area contributed by atoms with E-state index in [1.807, 2.05) is 24.3 Å². The zero-order valence-corrected chi connectivity index (χ0v) is 13.8. The molecule has 2 N–H and O–H groups in total. The smallest absolute Gasteiger partial charge is 0.137 e. The molecule has 1 atom stereocenters. The van der Waals surface area contributed by atoms with Crippen LogP contribution in [0.15, 0.2) is 41.1 Å². The summed E-state index contributed by atoms with van der Waals surface area (Å²) in [5.74, 6) is 1.51. The van der Waals surface area contributed by atoms with Crippen molar-refractivity contribution in [2.45, 2.75) is 19.4 Å². The SMILES string of the molecule is CCCOc1cncc(C(N)c2cc(OC)ccc2Br)c1. The second-order valence-electron chi connectivity index (χ2n) is 4.67. The zero-order chi connectivity index (χ0) is 15.2. The number of ether oxygens (including phenoxy) is 2. The van der Waals surface area contributed by atoms with Gasteiger partial charge in [-0.1, -0.05) is 22.9 Å². The molecule has 0 aliphatic rings. The highest BCUT2D eigenvalue weighted by molar-refractivity contribution is 9.10. The lowest BCUT2D eigenvalue weighted by Gasteiger charge is -2.16. The Labute approximate surface area is 133 Å². The Morgan fingerprint density at radius 3 is 2.76 bits per heavy atom. The minimum Gasteiger partial charge on any atom is -0.497 e. The number of methoxy groups -OCH3 is 1. The number of hydrogen-bond donors (Lipinski definition) is 1. The minimum atomic E-state index is -0.299. The predicted molar refractivity (Wildman–Crippen MR) is 86.7 cm³/mol. The lowest BCUT2D eigenvalue weighted by molar-refractivity contribution is 0.315. The fraction of sp³-hybridized carbons (Fsp3) is 0.312. The molecule has 0 radical (unpaired) electrons. The van der Waals surface area contributed by atoms with Crippen LogP contribution in [0.3, 0.4) is 0 Å². The number of benzene rings is 1. The van der Waals surface area contributed by atoms with E-state index in [4.69, 9.17) is 15.2 Å². The van der Waals surface area contributed by atoms with Gasteiger partial charge in [0.15, 0.2) is 0 Å². The third kappa shape index (κ3) is 3.95. The summed E-state index contributed by atoms with van der Waals surface area (Å²) in [6.07, 6.45) is 4.42. The molecule has 2 rings (SSSR count). The summed E-state index contributed by atoms with van der Waals surface area (Å²) in [4.78, 5) is 4.20. The van der Waals surface area contributed by atoms with Crippen LogP contribution in [-0.4, -0.2) is 18.7 Å². The Morgan fingerprint density at radius 2 is 2.05 bits per heavy atom. The van der Waals surface area contributed by atoms with Crippen molar-refractivity contribution in [1.82, 2.24) is 4.98 Å². The molecule has 1 aromatic heterocycles. The van der Waals surface area contributed by atoms with Crippen molar-refractivity contribution >= 4 is 15.9 Å². The van der Waals surface area contributed by atoms with Crippen LogP contribution in [-0.2, 0) is 0 Å². The first-order valence-corrected chi connectivity index (χ1v) is 7.61. The molecule has 1 heterocycles. The highest BCUT2D eigenvalue weighted by Gasteiger charge is 2.14. The molecule has 0 spiro atoms. The highest BCUT2D eigenvalue weighted by atomic mass is 79.9. The van der Waals surface area contributed by atoms with E-state index >= 15 is 0 Å². The van der Waals surface area contributed by atoms with Gasteiger partial charge >= 0.3 is 0 Å². The van der Waals surface area contributed by atoms with E-state index in [0.717, 1.165) is 33.5 Å². The van der Waals surface area contributed by atoms with Gasteiger partial charge in [0.25, 0.3) is 0 Å². The lowest BCUT2D eigenvalue weighted by atomic mass is 10.0. The standard InChI is InChI=1S/C16H19BrN2O2/c1-3-6-21-13-7-11(9-19-10-13)16(18)14-8-12(20-2)4-5-15(14)17/h4-5,7-10,16H,3,6,18H2,1-2H3. The van der Waals surface area contributed by atoms with Gasteiger partial charge in [-0.2, -0.15) is 0 Å². The fourth-order valence-electron chi connectivity index (χ4n) is 1.97. The van der Waals surface area contributed by atoms with Gasteiger partial charge in [0.1, 0.15) is 11.5 Å². The number of pyridine rings is 1. The van der Waals surface area contributed by atoms with Crippen molar-refractivity contribution in [1.29, 1.82) is 0 Å². The van der Waals surface area contributed by atoms with Crippen molar-refractivity contribution in [3.63, 3.8) is 0 Å². The van der Waals surface area contributed by atoms with Gasteiger partial charge in [0, 0.05) is 10.7 Å². The molecule has 5 heteroatoms. The normalized spacial score (nSPS) is 12.0. The van der Waals surface area contributed by atoms with Gasteiger partial charge < -0.3 is 15.2 Å². The molecule has 0 aliphatic carbocycles. The fourth-order valence-corrected chi connectivity index (χ4v) is 2.46. The van der Waals surface area contributed by atoms with Crippen LogP contribution in [0.25, 0.3) is 0 Å². The maximum absolute atomic E-state index is 6.36. The number of nitrogens with two attached hydrogens (primary N) is 1. The van der Waals surface area contributed by atoms with Gasteiger partial charge in [-0.05, 0) is 41.8 Å². The Hall–Kier alpha value is -1.59. The maximum Gasteiger partial charge on any atom is 0.137 e. The summed E-state index contributed by atoms with van der Waals surface area (Å²) in [6, 6.07) is 7.37. The molecule has 21 heavy (non-hydrogen) atoms. The Bertz CT molecular complexity index is 605. The van der Waals surface area contributed by atoms with E-state index in [9.17, 15) is 0 Å². The second kappa shape index (κ2) is 7.43. The van der Waals surface area contributed by atoms with Gasteiger partial charge in [0.05, 0.1) is 26.0 Å². The zero-order valence-electron chi connectivity index (χ0n) is 12.2. The van der Waals surface area contributed by atoms with E-state index < -0.39 is 0 Å². The summed E-state index contributed by atoms with van der Waals surface area (Å²) in [5, 5.41) is 0. The number of halogens is 1.